The third kappa shape index (κ3) is 4.22. The second-order valence-corrected chi connectivity index (χ2v) is 6.99. The van der Waals surface area contributed by atoms with E-state index in [1.54, 1.807) is 51.5 Å². The zero-order valence-electron chi connectivity index (χ0n) is 16.4. The van der Waals surface area contributed by atoms with Crippen molar-refractivity contribution in [2.45, 2.75) is 6.92 Å². The molecule has 8 heteroatoms. The van der Waals surface area contributed by atoms with Crippen molar-refractivity contribution < 1.29 is 23.8 Å². The summed E-state index contributed by atoms with van der Waals surface area (Å²) >= 11 is 1.26. The monoisotopic (exact) mass is 412 g/mol. The maximum atomic E-state index is 12.8. The lowest BCUT2D eigenvalue weighted by Crippen LogP contribution is -2.15. The summed E-state index contributed by atoms with van der Waals surface area (Å²) in [6, 6.07) is 12.1. The van der Waals surface area contributed by atoms with Gasteiger partial charge in [0.25, 0.3) is 5.91 Å². The van der Waals surface area contributed by atoms with Crippen LogP contribution in [0.3, 0.4) is 0 Å². The molecule has 0 saturated heterocycles. The van der Waals surface area contributed by atoms with Gasteiger partial charge in [0.2, 0.25) is 0 Å². The van der Waals surface area contributed by atoms with Crippen LogP contribution in [0.4, 0.5) is 5.69 Å². The second-order valence-electron chi connectivity index (χ2n) is 5.99. The predicted molar refractivity (Wildman–Crippen MR) is 111 cm³/mol. The molecule has 0 radical (unpaired) electrons. The standard InChI is InChI=1S/C21H20N2O5S/c1-12-18(19(24)23-15-8-6-5-7-14(15)21(25)28-4)29-20(22-12)13-9-10-16(26-2)17(11-13)27-3/h5-11H,1-4H3,(H,23,24). The van der Waals surface area contributed by atoms with Crippen molar-refractivity contribution in [3.63, 3.8) is 0 Å². The summed E-state index contributed by atoms with van der Waals surface area (Å²) in [4.78, 5) is 29.7. The first-order valence-electron chi connectivity index (χ1n) is 8.67. The fourth-order valence-corrected chi connectivity index (χ4v) is 3.72. The molecule has 0 unspecified atom stereocenters. The number of nitrogens with zero attached hydrogens (tertiary/aromatic N) is 1. The van der Waals surface area contributed by atoms with Gasteiger partial charge in [-0.05, 0) is 37.3 Å². The number of thiazole rings is 1. The van der Waals surface area contributed by atoms with E-state index in [9.17, 15) is 9.59 Å². The number of anilines is 1. The Morgan fingerprint density at radius 1 is 1.00 bits per heavy atom. The number of hydrogen-bond acceptors (Lipinski definition) is 7. The maximum absolute atomic E-state index is 12.8. The van der Waals surface area contributed by atoms with Crippen LogP contribution in [0.5, 0.6) is 11.5 Å². The van der Waals surface area contributed by atoms with Crippen LogP contribution in [0, 0.1) is 6.92 Å². The SMILES string of the molecule is COC(=O)c1ccccc1NC(=O)c1sc(-c2ccc(OC)c(OC)c2)nc1C. The first-order valence-corrected chi connectivity index (χ1v) is 9.48. The Balaban J connectivity index is 1.90. The third-order valence-corrected chi connectivity index (χ3v) is 5.42. The van der Waals surface area contributed by atoms with Crippen LogP contribution < -0.4 is 14.8 Å². The van der Waals surface area contributed by atoms with Gasteiger partial charge in [0, 0.05) is 5.56 Å². The van der Waals surface area contributed by atoms with Gasteiger partial charge in [-0.3, -0.25) is 4.79 Å². The number of ether oxygens (including phenoxy) is 3. The summed E-state index contributed by atoms with van der Waals surface area (Å²) in [7, 11) is 4.43. The number of rotatable bonds is 6. The van der Waals surface area contributed by atoms with Crippen molar-refractivity contribution in [3.8, 4) is 22.1 Å². The molecule has 0 aliphatic rings. The molecule has 0 spiro atoms. The lowest BCUT2D eigenvalue weighted by molar-refractivity contribution is 0.0602. The van der Waals surface area contributed by atoms with Gasteiger partial charge in [-0.2, -0.15) is 0 Å². The lowest BCUT2D eigenvalue weighted by atomic mass is 10.1. The fraction of sp³-hybridized carbons (Fsp3) is 0.190. The smallest absolute Gasteiger partial charge is 0.339 e. The highest BCUT2D eigenvalue weighted by Gasteiger charge is 2.20. The highest BCUT2D eigenvalue weighted by Crippen LogP contribution is 2.35. The van der Waals surface area contributed by atoms with Gasteiger partial charge in [-0.1, -0.05) is 12.1 Å². The lowest BCUT2D eigenvalue weighted by Gasteiger charge is -2.09. The first kappa shape index (κ1) is 20.3. The summed E-state index contributed by atoms with van der Waals surface area (Å²) in [5.41, 5.74) is 2.06. The average Bonchev–Trinajstić information content (AvgIpc) is 3.14. The van der Waals surface area contributed by atoms with Gasteiger partial charge in [-0.25, -0.2) is 9.78 Å². The third-order valence-electron chi connectivity index (χ3n) is 4.21. The summed E-state index contributed by atoms with van der Waals surface area (Å²) in [5.74, 6) is 0.328. The Morgan fingerprint density at radius 3 is 2.41 bits per heavy atom. The quantitative estimate of drug-likeness (QED) is 0.612. The number of hydrogen-bond donors (Lipinski definition) is 1. The Bertz CT molecular complexity index is 1060. The van der Waals surface area contributed by atoms with Crippen LogP contribution in [0.25, 0.3) is 10.6 Å². The Hall–Kier alpha value is -3.39. The van der Waals surface area contributed by atoms with Crippen LogP contribution in [0.1, 0.15) is 25.7 Å². The van der Waals surface area contributed by atoms with Gasteiger partial charge in [-0.15, -0.1) is 11.3 Å². The summed E-state index contributed by atoms with van der Waals surface area (Å²) in [6.45, 7) is 1.77. The molecule has 150 valence electrons. The van der Waals surface area contributed by atoms with Crippen LogP contribution in [-0.4, -0.2) is 38.2 Å². The number of nitrogens with one attached hydrogen (secondary N) is 1. The van der Waals surface area contributed by atoms with Crippen molar-refractivity contribution in [1.29, 1.82) is 0 Å². The van der Waals surface area contributed by atoms with Gasteiger partial charge in [0.1, 0.15) is 9.88 Å². The Morgan fingerprint density at radius 2 is 1.72 bits per heavy atom. The molecule has 2 aromatic carbocycles. The van der Waals surface area contributed by atoms with Crippen molar-refractivity contribution >= 4 is 28.9 Å². The number of carbonyl (C=O) groups is 2. The Labute approximate surface area is 172 Å². The average molecular weight is 412 g/mol. The Kier molecular flexibility index (Phi) is 6.13. The van der Waals surface area contributed by atoms with E-state index >= 15 is 0 Å². The minimum atomic E-state index is -0.520. The van der Waals surface area contributed by atoms with Gasteiger partial charge >= 0.3 is 5.97 Å². The number of para-hydroxylation sites is 1. The summed E-state index contributed by atoms with van der Waals surface area (Å²) in [5, 5.41) is 3.45. The minimum absolute atomic E-state index is 0.283. The van der Waals surface area contributed by atoms with Crippen molar-refractivity contribution in [2.24, 2.45) is 0 Å². The molecule has 0 saturated carbocycles. The van der Waals surface area contributed by atoms with Crippen LogP contribution in [-0.2, 0) is 4.74 Å². The minimum Gasteiger partial charge on any atom is -0.493 e. The summed E-state index contributed by atoms with van der Waals surface area (Å²) < 4.78 is 15.4. The van der Waals surface area contributed by atoms with Crippen molar-refractivity contribution in [3.05, 3.63) is 58.6 Å². The van der Waals surface area contributed by atoms with E-state index in [0.717, 1.165) is 5.56 Å². The van der Waals surface area contributed by atoms with E-state index < -0.39 is 5.97 Å². The van der Waals surface area contributed by atoms with E-state index in [4.69, 9.17) is 14.2 Å². The maximum Gasteiger partial charge on any atom is 0.339 e. The van der Waals surface area contributed by atoms with E-state index in [-0.39, 0.29) is 11.5 Å². The molecule has 1 aromatic heterocycles. The van der Waals surface area contributed by atoms with Gasteiger partial charge < -0.3 is 19.5 Å². The van der Waals surface area contributed by atoms with Gasteiger partial charge in [0.05, 0.1) is 38.3 Å². The topological polar surface area (TPSA) is 86.8 Å². The van der Waals surface area contributed by atoms with E-state index in [0.29, 0.717) is 32.8 Å². The molecule has 7 nitrogen and oxygen atoms in total. The number of amides is 1. The highest BCUT2D eigenvalue weighted by molar-refractivity contribution is 7.17. The molecule has 3 aromatic rings. The number of methoxy groups -OCH3 is 3. The number of carbonyl (C=O) groups excluding carboxylic acids is 2. The molecular weight excluding hydrogens is 392 g/mol. The number of aromatic nitrogens is 1. The highest BCUT2D eigenvalue weighted by atomic mass is 32.1. The molecule has 1 heterocycles. The van der Waals surface area contributed by atoms with Crippen LogP contribution in [0.15, 0.2) is 42.5 Å². The number of esters is 1. The molecule has 29 heavy (non-hydrogen) atoms. The van der Waals surface area contributed by atoms with Crippen molar-refractivity contribution in [2.75, 3.05) is 26.6 Å². The number of benzene rings is 2. The van der Waals surface area contributed by atoms with E-state index in [1.807, 2.05) is 12.1 Å². The molecule has 0 bridgehead atoms. The van der Waals surface area contributed by atoms with Crippen molar-refractivity contribution in [1.82, 2.24) is 4.98 Å². The predicted octanol–water partition coefficient (Wildman–Crippen LogP) is 4.17. The van der Waals surface area contributed by atoms with Crippen LogP contribution >= 0.6 is 11.3 Å². The molecule has 1 N–H and O–H groups in total. The molecule has 0 atom stereocenters. The molecule has 0 aliphatic heterocycles. The molecule has 0 fully saturated rings. The largest absolute Gasteiger partial charge is 0.493 e. The molecular formula is C21H20N2O5S. The normalized spacial score (nSPS) is 10.3. The van der Waals surface area contributed by atoms with E-state index in [2.05, 4.69) is 10.3 Å². The molecule has 0 aliphatic carbocycles. The summed E-state index contributed by atoms with van der Waals surface area (Å²) in [6.07, 6.45) is 0. The molecule has 3 rings (SSSR count). The zero-order chi connectivity index (χ0) is 21.0. The van der Waals surface area contributed by atoms with E-state index in [1.165, 1.54) is 18.4 Å². The van der Waals surface area contributed by atoms with Crippen LogP contribution in [0.2, 0.25) is 0 Å². The number of aryl methyl sites for hydroxylation is 1. The second kappa shape index (κ2) is 8.74. The first-order chi connectivity index (χ1) is 14.0. The van der Waals surface area contributed by atoms with Gasteiger partial charge in [0.15, 0.2) is 11.5 Å². The molecule has 1 amide bonds. The zero-order valence-corrected chi connectivity index (χ0v) is 17.3. The fourth-order valence-electron chi connectivity index (χ4n) is 2.76.